The number of nitrogens with zero attached hydrogens (tertiary/aromatic N) is 6. The van der Waals surface area contributed by atoms with Crippen LogP contribution in [0.25, 0.3) is 16.8 Å². The summed E-state index contributed by atoms with van der Waals surface area (Å²) in [4.78, 5) is 20.6. The largest absolute Gasteiger partial charge is 0.433 e. The number of nitrogens with one attached hydrogen (secondary N) is 1. The molecule has 0 aliphatic rings. The fourth-order valence-corrected chi connectivity index (χ4v) is 4.00. The maximum Gasteiger partial charge on any atom is 0.433 e. The standard InChI is InChI=1S/C24H27F3N8O/c1-5-14(4)31-22(36)18-8-16(11-35-21(18)32-23(28)33-35)17-10-30-34(12-17)20(13(2)3)15-6-7-29-19(9-15)24(25,26)27/h6-14,20H,5H2,1-4H3,(H2,28,33)(H,31,36)/t14-,20?/m0/s1. The average molecular weight is 501 g/mol. The summed E-state index contributed by atoms with van der Waals surface area (Å²) in [6.45, 7) is 7.67. The molecule has 12 heteroatoms. The maximum atomic E-state index is 13.3. The molecular weight excluding hydrogens is 473 g/mol. The van der Waals surface area contributed by atoms with Gasteiger partial charge in [0.15, 0.2) is 5.65 Å². The van der Waals surface area contributed by atoms with Crippen molar-refractivity contribution in [2.24, 2.45) is 5.92 Å². The number of hydrogen-bond acceptors (Lipinski definition) is 6. The molecule has 0 aliphatic heterocycles. The van der Waals surface area contributed by atoms with Crippen molar-refractivity contribution in [3.63, 3.8) is 0 Å². The SMILES string of the molecule is CC[C@H](C)NC(=O)c1cc(-c2cnn(C(c3ccnc(C(F)(F)F)c3)C(C)C)c2)cn2nc(N)nc12. The first-order valence-electron chi connectivity index (χ1n) is 11.5. The molecule has 1 amide bonds. The number of pyridine rings is 2. The Morgan fingerprint density at radius 2 is 1.92 bits per heavy atom. The van der Waals surface area contributed by atoms with E-state index in [-0.39, 0.29) is 23.8 Å². The Morgan fingerprint density at radius 3 is 2.58 bits per heavy atom. The molecule has 4 aromatic rings. The average Bonchev–Trinajstić information content (AvgIpc) is 3.43. The molecule has 2 atom stereocenters. The van der Waals surface area contributed by atoms with Crippen LogP contribution in [-0.4, -0.2) is 41.3 Å². The van der Waals surface area contributed by atoms with Crippen LogP contribution in [0.4, 0.5) is 19.1 Å². The Hall–Kier alpha value is -3.96. The van der Waals surface area contributed by atoms with Crippen LogP contribution in [0.3, 0.4) is 0 Å². The fourth-order valence-electron chi connectivity index (χ4n) is 4.00. The summed E-state index contributed by atoms with van der Waals surface area (Å²) in [6.07, 6.45) is 2.37. The number of anilines is 1. The zero-order valence-electron chi connectivity index (χ0n) is 20.3. The zero-order chi connectivity index (χ0) is 26.2. The summed E-state index contributed by atoms with van der Waals surface area (Å²) in [5.74, 6) is -0.360. The first-order valence-corrected chi connectivity index (χ1v) is 11.5. The Morgan fingerprint density at radius 1 is 1.17 bits per heavy atom. The highest BCUT2D eigenvalue weighted by Gasteiger charge is 2.33. The second-order valence-corrected chi connectivity index (χ2v) is 9.03. The normalized spacial score (nSPS) is 13.8. The van der Waals surface area contributed by atoms with Gasteiger partial charge in [-0.15, -0.1) is 5.10 Å². The summed E-state index contributed by atoms with van der Waals surface area (Å²) in [7, 11) is 0. The Kier molecular flexibility index (Phi) is 6.70. The molecule has 1 unspecified atom stereocenters. The van der Waals surface area contributed by atoms with Crippen molar-refractivity contribution in [3.05, 3.63) is 59.8 Å². The summed E-state index contributed by atoms with van der Waals surface area (Å²) in [5, 5.41) is 11.5. The van der Waals surface area contributed by atoms with Crippen LogP contribution in [-0.2, 0) is 6.18 Å². The van der Waals surface area contributed by atoms with E-state index in [1.165, 1.54) is 4.52 Å². The molecule has 0 fully saturated rings. The van der Waals surface area contributed by atoms with Crippen LogP contribution in [0.5, 0.6) is 0 Å². The molecule has 3 N–H and O–H groups in total. The molecule has 0 spiro atoms. The van der Waals surface area contributed by atoms with Crippen molar-refractivity contribution in [2.45, 2.75) is 52.4 Å². The van der Waals surface area contributed by atoms with Crippen molar-refractivity contribution in [1.29, 1.82) is 0 Å². The number of aromatic nitrogens is 6. The smallest absolute Gasteiger partial charge is 0.366 e. The van der Waals surface area contributed by atoms with Crippen molar-refractivity contribution in [2.75, 3.05) is 5.73 Å². The molecule has 0 aromatic carbocycles. The van der Waals surface area contributed by atoms with E-state index in [2.05, 4.69) is 25.5 Å². The van der Waals surface area contributed by atoms with Crippen LogP contribution in [0.15, 0.2) is 43.0 Å². The van der Waals surface area contributed by atoms with Gasteiger partial charge in [-0.05, 0) is 43.0 Å². The van der Waals surface area contributed by atoms with Gasteiger partial charge in [0, 0.05) is 35.8 Å². The maximum absolute atomic E-state index is 13.3. The van der Waals surface area contributed by atoms with E-state index in [4.69, 9.17) is 5.73 Å². The van der Waals surface area contributed by atoms with Gasteiger partial charge in [-0.1, -0.05) is 20.8 Å². The molecule has 4 rings (SSSR count). The monoisotopic (exact) mass is 500 g/mol. The number of amides is 1. The summed E-state index contributed by atoms with van der Waals surface area (Å²) < 4.78 is 42.8. The molecule has 0 saturated carbocycles. The molecular formula is C24H27F3N8O. The van der Waals surface area contributed by atoms with E-state index in [9.17, 15) is 18.0 Å². The van der Waals surface area contributed by atoms with E-state index < -0.39 is 17.9 Å². The van der Waals surface area contributed by atoms with Crippen molar-refractivity contribution < 1.29 is 18.0 Å². The van der Waals surface area contributed by atoms with Gasteiger partial charge in [0.1, 0.15) is 5.69 Å². The first-order chi connectivity index (χ1) is 17.0. The van der Waals surface area contributed by atoms with Crippen LogP contribution in [0.1, 0.15) is 61.8 Å². The highest BCUT2D eigenvalue weighted by Crippen LogP contribution is 2.33. The molecule has 0 aliphatic carbocycles. The van der Waals surface area contributed by atoms with Gasteiger partial charge in [-0.3, -0.25) is 14.5 Å². The van der Waals surface area contributed by atoms with Gasteiger partial charge in [0.2, 0.25) is 5.95 Å². The van der Waals surface area contributed by atoms with Crippen LogP contribution in [0, 0.1) is 5.92 Å². The number of hydrogen-bond donors (Lipinski definition) is 2. The fraction of sp³-hybridized carbons (Fsp3) is 0.375. The van der Waals surface area contributed by atoms with Gasteiger partial charge in [-0.25, -0.2) is 4.52 Å². The van der Waals surface area contributed by atoms with Crippen LogP contribution >= 0.6 is 0 Å². The number of carbonyl (C=O) groups is 1. The van der Waals surface area contributed by atoms with E-state index in [1.54, 1.807) is 35.4 Å². The van der Waals surface area contributed by atoms with Gasteiger partial charge in [0.25, 0.3) is 5.91 Å². The molecule has 9 nitrogen and oxygen atoms in total. The van der Waals surface area contributed by atoms with Crippen LogP contribution in [0.2, 0.25) is 0 Å². The molecule has 0 radical (unpaired) electrons. The predicted molar refractivity (Wildman–Crippen MR) is 128 cm³/mol. The topological polar surface area (TPSA) is 116 Å². The lowest BCUT2D eigenvalue weighted by molar-refractivity contribution is -0.141. The highest BCUT2D eigenvalue weighted by atomic mass is 19.4. The first kappa shape index (κ1) is 25.1. The second kappa shape index (κ2) is 9.59. The highest BCUT2D eigenvalue weighted by molar-refractivity contribution is 6.01. The van der Waals surface area contributed by atoms with E-state index in [0.29, 0.717) is 27.9 Å². The molecule has 36 heavy (non-hydrogen) atoms. The lowest BCUT2D eigenvalue weighted by atomic mass is 9.96. The van der Waals surface area contributed by atoms with Gasteiger partial charge in [-0.2, -0.15) is 23.3 Å². The number of rotatable bonds is 7. The summed E-state index contributed by atoms with van der Waals surface area (Å²) >= 11 is 0. The minimum Gasteiger partial charge on any atom is -0.366 e. The molecule has 0 bridgehead atoms. The van der Waals surface area contributed by atoms with E-state index >= 15 is 0 Å². The third kappa shape index (κ3) is 5.02. The molecule has 4 aromatic heterocycles. The Balaban J connectivity index is 1.76. The predicted octanol–water partition coefficient (Wildman–Crippen LogP) is 4.36. The Labute approximate surface area is 205 Å². The number of halogens is 3. The van der Waals surface area contributed by atoms with E-state index in [0.717, 1.165) is 18.7 Å². The quantitative estimate of drug-likeness (QED) is 0.390. The summed E-state index contributed by atoms with van der Waals surface area (Å²) in [6, 6.07) is 3.78. The van der Waals surface area contributed by atoms with E-state index in [1.807, 2.05) is 27.7 Å². The molecule has 190 valence electrons. The number of fused-ring (bicyclic) bond motifs is 1. The van der Waals surface area contributed by atoms with Gasteiger partial charge < -0.3 is 11.1 Å². The number of alkyl halides is 3. The minimum atomic E-state index is -4.55. The Bertz CT molecular complexity index is 1390. The van der Waals surface area contributed by atoms with Crippen molar-refractivity contribution in [1.82, 2.24) is 34.7 Å². The third-order valence-electron chi connectivity index (χ3n) is 5.95. The van der Waals surface area contributed by atoms with Gasteiger partial charge in [0.05, 0.1) is 17.8 Å². The molecule has 0 saturated heterocycles. The second-order valence-electron chi connectivity index (χ2n) is 9.03. The lowest BCUT2D eigenvalue weighted by Crippen LogP contribution is -2.32. The van der Waals surface area contributed by atoms with Crippen LogP contribution < -0.4 is 11.1 Å². The lowest BCUT2D eigenvalue weighted by Gasteiger charge is -2.22. The summed E-state index contributed by atoms with van der Waals surface area (Å²) in [5.41, 5.74) is 7.17. The minimum absolute atomic E-state index is 0.0264. The number of nitrogen functional groups attached to an aromatic ring is 1. The van der Waals surface area contributed by atoms with Gasteiger partial charge >= 0.3 is 6.18 Å². The zero-order valence-corrected chi connectivity index (χ0v) is 20.3. The van der Waals surface area contributed by atoms with Crippen molar-refractivity contribution >= 4 is 17.5 Å². The molecule has 4 heterocycles. The number of carbonyl (C=O) groups excluding carboxylic acids is 1. The third-order valence-corrected chi connectivity index (χ3v) is 5.95. The van der Waals surface area contributed by atoms with Crippen molar-refractivity contribution in [3.8, 4) is 11.1 Å². The number of nitrogens with two attached hydrogens (primary N) is 1.